The Morgan fingerprint density at radius 3 is 2.38 bits per heavy atom. The van der Waals surface area contributed by atoms with Gasteiger partial charge in [0.15, 0.2) is 0 Å². The van der Waals surface area contributed by atoms with Crippen LogP contribution in [-0.2, 0) is 14.3 Å². The lowest BCUT2D eigenvalue weighted by molar-refractivity contribution is -0.147. The molecule has 3 aliphatic rings. The lowest BCUT2D eigenvalue weighted by Gasteiger charge is -2.52. The van der Waals surface area contributed by atoms with E-state index < -0.39 is 0 Å². The van der Waals surface area contributed by atoms with Crippen molar-refractivity contribution in [1.82, 2.24) is 15.9 Å². The number of piperidine rings is 1. The van der Waals surface area contributed by atoms with Crippen LogP contribution in [-0.4, -0.2) is 56.0 Å². The fraction of sp³-hybridized carbons (Fsp3) is 0.941. The van der Waals surface area contributed by atoms with E-state index in [4.69, 9.17) is 15.3 Å². The van der Waals surface area contributed by atoms with Gasteiger partial charge in [-0.2, -0.15) is 0 Å². The van der Waals surface area contributed by atoms with Crippen molar-refractivity contribution in [2.24, 2.45) is 11.3 Å². The molecule has 7 heteroatoms. The summed E-state index contributed by atoms with van der Waals surface area (Å²) < 4.78 is 12.0. The summed E-state index contributed by atoms with van der Waals surface area (Å²) in [5, 5.41) is 1.94. The number of carbonyl (C=O) groups excluding carboxylic acids is 1. The summed E-state index contributed by atoms with van der Waals surface area (Å²) in [6.07, 6.45) is 9.91. The number of nitrogens with two attached hydrogens (primary N) is 1. The summed E-state index contributed by atoms with van der Waals surface area (Å²) in [4.78, 5) is 11.4. The van der Waals surface area contributed by atoms with E-state index in [2.05, 4.69) is 10.9 Å². The second-order valence-corrected chi connectivity index (χ2v) is 7.71. The van der Waals surface area contributed by atoms with Crippen LogP contribution in [0.1, 0.15) is 51.4 Å². The third-order valence-electron chi connectivity index (χ3n) is 5.90. The first-order chi connectivity index (χ1) is 11.6. The van der Waals surface area contributed by atoms with Gasteiger partial charge in [-0.25, -0.2) is 10.4 Å². The quantitative estimate of drug-likeness (QED) is 0.487. The fourth-order valence-corrected chi connectivity index (χ4v) is 4.39. The molecule has 1 saturated heterocycles. The standard InChI is InChI=1S/C17H32N4O3/c1-19-20-16(22)12-23-13-2-4-14(5-3-13)24-15-10-17(11-15)6-8-21(18)9-7-17/h13-15,19H,2-12,18H2,1H3,(H,20,22). The average Bonchev–Trinajstić information content (AvgIpc) is 2.55. The zero-order chi connectivity index (χ0) is 17.0. The first-order valence-corrected chi connectivity index (χ1v) is 9.31. The zero-order valence-corrected chi connectivity index (χ0v) is 14.8. The van der Waals surface area contributed by atoms with E-state index >= 15 is 0 Å². The van der Waals surface area contributed by atoms with Gasteiger partial charge < -0.3 is 9.47 Å². The molecule has 0 aromatic rings. The average molecular weight is 340 g/mol. The number of rotatable bonds is 6. The third kappa shape index (κ3) is 4.67. The maximum Gasteiger partial charge on any atom is 0.260 e. The summed E-state index contributed by atoms with van der Waals surface area (Å²) in [5.41, 5.74) is 5.65. The van der Waals surface area contributed by atoms with Crippen molar-refractivity contribution in [2.45, 2.75) is 69.7 Å². The van der Waals surface area contributed by atoms with E-state index in [0.717, 1.165) is 38.8 Å². The number of hydrazine groups is 2. The Balaban J connectivity index is 1.29. The number of hydrogen-bond donors (Lipinski definition) is 3. The topological polar surface area (TPSA) is 88.9 Å². The molecule has 1 aliphatic heterocycles. The Kier molecular flexibility index (Phi) is 6.10. The molecule has 2 saturated carbocycles. The Morgan fingerprint density at radius 1 is 1.12 bits per heavy atom. The maximum atomic E-state index is 11.4. The van der Waals surface area contributed by atoms with Gasteiger partial charge in [0.2, 0.25) is 0 Å². The van der Waals surface area contributed by atoms with Gasteiger partial charge in [0, 0.05) is 20.1 Å². The van der Waals surface area contributed by atoms with Crippen molar-refractivity contribution in [3.05, 3.63) is 0 Å². The SMILES string of the molecule is CNNC(=O)COC1CCC(OC2CC3(CCN(N)CC3)C2)CC1. The summed E-state index contributed by atoms with van der Waals surface area (Å²) in [7, 11) is 1.67. The minimum atomic E-state index is -0.126. The molecule has 4 N–H and O–H groups in total. The Hall–Kier alpha value is -0.730. The first-order valence-electron chi connectivity index (χ1n) is 9.31. The second kappa shape index (κ2) is 8.10. The van der Waals surface area contributed by atoms with Gasteiger partial charge in [-0.3, -0.25) is 16.1 Å². The monoisotopic (exact) mass is 340 g/mol. The van der Waals surface area contributed by atoms with E-state index in [9.17, 15) is 4.79 Å². The van der Waals surface area contributed by atoms with Crippen molar-refractivity contribution < 1.29 is 14.3 Å². The third-order valence-corrected chi connectivity index (χ3v) is 5.90. The van der Waals surface area contributed by atoms with Crippen LogP contribution in [0, 0.1) is 5.41 Å². The molecule has 0 aromatic carbocycles. The van der Waals surface area contributed by atoms with Gasteiger partial charge in [0.25, 0.3) is 5.91 Å². The Morgan fingerprint density at radius 2 is 1.75 bits per heavy atom. The van der Waals surface area contributed by atoms with Crippen molar-refractivity contribution in [1.29, 1.82) is 0 Å². The molecule has 2 aliphatic carbocycles. The van der Waals surface area contributed by atoms with Gasteiger partial charge >= 0.3 is 0 Å². The molecule has 24 heavy (non-hydrogen) atoms. The van der Waals surface area contributed by atoms with Crippen molar-refractivity contribution in [3.63, 3.8) is 0 Å². The minimum absolute atomic E-state index is 0.125. The van der Waals surface area contributed by atoms with Crippen LogP contribution in [0.25, 0.3) is 0 Å². The van der Waals surface area contributed by atoms with Crippen LogP contribution >= 0.6 is 0 Å². The van der Waals surface area contributed by atoms with Crippen LogP contribution in [0.4, 0.5) is 0 Å². The molecule has 0 aromatic heterocycles. The summed E-state index contributed by atoms with van der Waals surface area (Å²) in [5.74, 6) is 5.73. The van der Waals surface area contributed by atoms with Crippen molar-refractivity contribution >= 4 is 5.91 Å². The molecule has 0 unspecified atom stereocenters. The number of carbonyl (C=O) groups is 1. The molecule has 1 spiro atoms. The molecule has 0 atom stereocenters. The van der Waals surface area contributed by atoms with Crippen LogP contribution < -0.4 is 16.7 Å². The molecule has 1 heterocycles. The van der Waals surface area contributed by atoms with E-state index in [1.807, 2.05) is 5.01 Å². The predicted octanol–water partition coefficient (Wildman–Crippen LogP) is 0.700. The number of amides is 1. The normalized spacial score (nSPS) is 30.9. The molecular formula is C17H32N4O3. The molecule has 7 nitrogen and oxygen atoms in total. The number of ether oxygens (including phenoxy) is 2. The van der Waals surface area contributed by atoms with Crippen LogP contribution in [0.15, 0.2) is 0 Å². The lowest BCUT2D eigenvalue weighted by Crippen LogP contribution is -2.52. The van der Waals surface area contributed by atoms with Crippen LogP contribution in [0.3, 0.4) is 0 Å². The highest BCUT2D eigenvalue weighted by Gasteiger charge is 2.46. The van der Waals surface area contributed by atoms with Gasteiger partial charge in [0.05, 0.1) is 18.3 Å². The van der Waals surface area contributed by atoms with Crippen LogP contribution in [0.5, 0.6) is 0 Å². The lowest BCUT2D eigenvalue weighted by atomic mass is 9.61. The van der Waals surface area contributed by atoms with E-state index in [0.29, 0.717) is 17.6 Å². The molecule has 3 fully saturated rings. The number of nitrogens with zero attached hydrogens (tertiary/aromatic N) is 1. The van der Waals surface area contributed by atoms with Crippen LogP contribution in [0.2, 0.25) is 0 Å². The fourth-order valence-electron chi connectivity index (χ4n) is 4.39. The summed E-state index contributed by atoms with van der Waals surface area (Å²) in [6.45, 7) is 2.17. The number of nitrogens with one attached hydrogen (secondary N) is 2. The highest BCUT2D eigenvalue weighted by molar-refractivity contribution is 5.76. The van der Waals surface area contributed by atoms with E-state index in [-0.39, 0.29) is 18.6 Å². The zero-order valence-electron chi connectivity index (χ0n) is 14.8. The largest absolute Gasteiger partial charge is 0.375 e. The summed E-state index contributed by atoms with van der Waals surface area (Å²) in [6, 6.07) is 0. The van der Waals surface area contributed by atoms with Gasteiger partial charge in [-0.05, 0) is 56.8 Å². The van der Waals surface area contributed by atoms with Gasteiger partial charge in [-0.1, -0.05) is 0 Å². The second-order valence-electron chi connectivity index (χ2n) is 7.71. The van der Waals surface area contributed by atoms with Crippen molar-refractivity contribution in [3.8, 4) is 0 Å². The minimum Gasteiger partial charge on any atom is -0.375 e. The molecule has 0 bridgehead atoms. The first kappa shape index (κ1) is 18.1. The molecule has 138 valence electrons. The molecule has 0 radical (unpaired) electrons. The Labute approximate surface area is 144 Å². The van der Waals surface area contributed by atoms with Gasteiger partial charge in [-0.15, -0.1) is 0 Å². The van der Waals surface area contributed by atoms with Gasteiger partial charge in [0.1, 0.15) is 6.61 Å². The molecular weight excluding hydrogens is 308 g/mol. The van der Waals surface area contributed by atoms with Crippen molar-refractivity contribution in [2.75, 3.05) is 26.7 Å². The highest BCUT2D eigenvalue weighted by atomic mass is 16.5. The predicted molar refractivity (Wildman–Crippen MR) is 90.7 cm³/mol. The number of hydrogen-bond acceptors (Lipinski definition) is 6. The molecule has 3 rings (SSSR count). The maximum absolute atomic E-state index is 11.4. The summed E-state index contributed by atoms with van der Waals surface area (Å²) >= 11 is 0. The molecule has 1 amide bonds. The van der Waals surface area contributed by atoms with E-state index in [1.165, 1.54) is 25.7 Å². The Bertz CT molecular complexity index is 410. The highest BCUT2D eigenvalue weighted by Crippen LogP contribution is 2.50. The smallest absolute Gasteiger partial charge is 0.260 e. The van der Waals surface area contributed by atoms with E-state index in [1.54, 1.807) is 7.05 Å².